The molecule has 7 nitrogen and oxygen atoms in total. The number of carbonyl (C=O) groups excluding carboxylic acids is 1. The molecule has 1 amide bonds. The van der Waals surface area contributed by atoms with Crippen molar-refractivity contribution in [3.63, 3.8) is 0 Å². The minimum Gasteiger partial charge on any atom is -0.356 e. The SMILES string of the molecule is Cc1nc(-c2cccnc2)[nH]c(=O)c1CCC(=O)NCC1(C)CCNCC1. The third kappa shape index (κ3) is 5.01. The van der Waals surface area contributed by atoms with Crippen LogP contribution >= 0.6 is 0 Å². The van der Waals surface area contributed by atoms with Crippen LogP contribution in [0.25, 0.3) is 11.4 Å². The number of aromatic nitrogens is 3. The highest BCUT2D eigenvalue weighted by Crippen LogP contribution is 2.26. The number of carbonyl (C=O) groups is 1. The van der Waals surface area contributed by atoms with Crippen LogP contribution in [-0.2, 0) is 11.2 Å². The summed E-state index contributed by atoms with van der Waals surface area (Å²) in [5, 5.41) is 6.37. The summed E-state index contributed by atoms with van der Waals surface area (Å²) in [6.45, 7) is 6.69. The number of pyridine rings is 1. The van der Waals surface area contributed by atoms with Crippen molar-refractivity contribution >= 4 is 5.91 Å². The number of rotatable bonds is 6. The average Bonchev–Trinajstić information content (AvgIpc) is 2.67. The molecule has 0 bridgehead atoms. The smallest absolute Gasteiger partial charge is 0.254 e. The first-order valence-electron chi connectivity index (χ1n) is 9.44. The first kappa shape index (κ1) is 19.2. The number of aryl methyl sites for hydroxylation is 1. The van der Waals surface area contributed by atoms with Crippen LogP contribution in [-0.4, -0.2) is 40.5 Å². The number of amides is 1. The monoisotopic (exact) mass is 369 g/mol. The number of nitrogens with one attached hydrogen (secondary N) is 3. The van der Waals surface area contributed by atoms with Gasteiger partial charge in [0.25, 0.3) is 5.56 Å². The predicted molar refractivity (Wildman–Crippen MR) is 104 cm³/mol. The number of aromatic amines is 1. The minimum absolute atomic E-state index is 0.0232. The molecule has 1 saturated heterocycles. The first-order valence-corrected chi connectivity index (χ1v) is 9.44. The molecule has 1 fully saturated rings. The summed E-state index contributed by atoms with van der Waals surface area (Å²) in [5.41, 5.74) is 1.93. The summed E-state index contributed by atoms with van der Waals surface area (Å²) in [7, 11) is 0. The quantitative estimate of drug-likeness (QED) is 0.718. The Bertz CT molecular complexity index is 841. The van der Waals surface area contributed by atoms with Gasteiger partial charge in [-0.1, -0.05) is 6.92 Å². The average molecular weight is 369 g/mol. The molecule has 1 aliphatic rings. The van der Waals surface area contributed by atoms with Crippen LogP contribution in [0.4, 0.5) is 0 Å². The lowest BCUT2D eigenvalue weighted by Crippen LogP contribution is -2.43. The van der Waals surface area contributed by atoms with Crippen molar-refractivity contribution in [3.05, 3.63) is 46.1 Å². The normalized spacial score (nSPS) is 16.1. The Morgan fingerprint density at radius 3 is 2.78 bits per heavy atom. The largest absolute Gasteiger partial charge is 0.356 e. The zero-order valence-electron chi connectivity index (χ0n) is 16.0. The van der Waals surface area contributed by atoms with E-state index in [1.54, 1.807) is 25.4 Å². The van der Waals surface area contributed by atoms with Gasteiger partial charge in [0, 0.05) is 42.2 Å². The fraction of sp³-hybridized carbons (Fsp3) is 0.500. The Balaban J connectivity index is 1.59. The molecular weight excluding hydrogens is 342 g/mol. The summed E-state index contributed by atoms with van der Waals surface area (Å²) < 4.78 is 0. The Morgan fingerprint density at radius 1 is 1.33 bits per heavy atom. The van der Waals surface area contributed by atoms with Gasteiger partial charge in [-0.25, -0.2) is 4.98 Å². The highest BCUT2D eigenvalue weighted by Gasteiger charge is 2.27. The third-order valence-corrected chi connectivity index (χ3v) is 5.28. The standard InChI is InChI=1S/C20H27N5O2/c1-14-16(19(27)25-18(24-14)15-4-3-9-22-12-15)5-6-17(26)23-13-20(2)7-10-21-11-8-20/h3-4,9,12,21H,5-8,10-11,13H2,1-2H3,(H,23,26)(H,24,25,27). The Labute approximate surface area is 159 Å². The van der Waals surface area contributed by atoms with E-state index in [1.807, 2.05) is 6.07 Å². The van der Waals surface area contributed by atoms with Crippen molar-refractivity contribution in [1.29, 1.82) is 0 Å². The van der Waals surface area contributed by atoms with Crippen molar-refractivity contribution in [2.24, 2.45) is 5.41 Å². The van der Waals surface area contributed by atoms with Crippen molar-refractivity contribution in [3.8, 4) is 11.4 Å². The van der Waals surface area contributed by atoms with Crippen LogP contribution in [0.5, 0.6) is 0 Å². The minimum atomic E-state index is -0.195. The van der Waals surface area contributed by atoms with Gasteiger partial charge >= 0.3 is 0 Å². The molecular formula is C20H27N5O2. The van der Waals surface area contributed by atoms with Gasteiger partial charge in [0.05, 0.1) is 0 Å². The van der Waals surface area contributed by atoms with Crippen LogP contribution in [0.1, 0.15) is 37.4 Å². The topological polar surface area (TPSA) is 99.8 Å². The molecule has 0 unspecified atom stereocenters. The Hall–Kier alpha value is -2.54. The van der Waals surface area contributed by atoms with Crippen molar-refractivity contribution in [1.82, 2.24) is 25.6 Å². The van der Waals surface area contributed by atoms with Crippen molar-refractivity contribution < 1.29 is 4.79 Å². The van der Waals surface area contributed by atoms with Gasteiger partial charge in [0.15, 0.2) is 0 Å². The van der Waals surface area contributed by atoms with E-state index < -0.39 is 0 Å². The summed E-state index contributed by atoms with van der Waals surface area (Å²) >= 11 is 0. The summed E-state index contributed by atoms with van der Waals surface area (Å²) in [6.07, 6.45) is 6.12. The lowest BCUT2D eigenvalue weighted by atomic mass is 9.81. The van der Waals surface area contributed by atoms with Gasteiger partial charge < -0.3 is 15.6 Å². The van der Waals surface area contributed by atoms with Gasteiger partial charge in [-0.05, 0) is 56.8 Å². The lowest BCUT2D eigenvalue weighted by Gasteiger charge is -2.34. The maximum atomic E-state index is 12.4. The summed E-state index contributed by atoms with van der Waals surface area (Å²) in [5.74, 6) is 0.475. The van der Waals surface area contributed by atoms with E-state index in [4.69, 9.17) is 0 Å². The summed E-state index contributed by atoms with van der Waals surface area (Å²) in [4.78, 5) is 36.0. The van der Waals surface area contributed by atoms with Crippen LogP contribution < -0.4 is 16.2 Å². The maximum Gasteiger partial charge on any atom is 0.254 e. The van der Waals surface area contributed by atoms with Crippen LogP contribution in [0.3, 0.4) is 0 Å². The third-order valence-electron chi connectivity index (χ3n) is 5.28. The second-order valence-electron chi connectivity index (χ2n) is 7.56. The second-order valence-corrected chi connectivity index (χ2v) is 7.56. The van der Waals surface area contributed by atoms with Gasteiger partial charge in [0.1, 0.15) is 5.82 Å². The lowest BCUT2D eigenvalue weighted by molar-refractivity contribution is -0.121. The van der Waals surface area contributed by atoms with E-state index >= 15 is 0 Å². The first-order chi connectivity index (χ1) is 13.0. The van der Waals surface area contributed by atoms with Crippen molar-refractivity contribution in [2.75, 3.05) is 19.6 Å². The fourth-order valence-electron chi connectivity index (χ4n) is 3.39. The predicted octanol–water partition coefficient (Wildman–Crippen LogP) is 1.58. The molecule has 144 valence electrons. The Morgan fingerprint density at radius 2 is 2.11 bits per heavy atom. The van der Waals surface area contributed by atoms with E-state index in [-0.39, 0.29) is 23.3 Å². The van der Waals surface area contributed by atoms with Gasteiger partial charge in [-0.3, -0.25) is 14.6 Å². The number of piperidine rings is 1. The highest BCUT2D eigenvalue weighted by molar-refractivity contribution is 5.76. The molecule has 7 heteroatoms. The van der Waals surface area contributed by atoms with E-state index in [0.717, 1.165) is 31.5 Å². The second kappa shape index (κ2) is 8.43. The molecule has 3 heterocycles. The van der Waals surface area contributed by atoms with Crippen LogP contribution in [0, 0.1) is 12.3 Å². The molecule has 0 radical (unpaired) electrons. The highest BCUT2D eigenvalue weighted by atomic mass is 16.1. The maximum absolute atomic E-state index is 12.4. The Kier molecular flexibility index (Phi) is 6.01. The number of hydrogen-bond donors (Lipinski definition) is 3. The molecule has 1 aliphatic heterocycles. The zero-order valence-corrected chi connectivity index (χ0v) is 16.0. The van der Waals surface area contributed by atoms with Crippen LogP contribution in [0.15, 0.2) is 29.3 Å². The van der Waals surface area contributed by atoms with Gasteiger partial charge in [-0.15, -0.1) is 0 Å². The van der Waals surface area contributed by atoms with E-state index in [2.05, 4.69) is 32.5 Å². The number of H-pyrrole nitrogens is 1. The van der Waals surface area contributed by atoms with E-state index in [9.17, 15) is 9.59 Å². The molecule has 2 aromatic heterocycles. The van der Waals surface area contributed by atoms with Crippen molar-refractivity contribution in [2.45, 2.75) is 39.5 Å². The van der Waals surface area contributed by atoms with E-state index in [0.29, 0.717) is 30.0 Å². The van der Waals surface area contributed by atoms with Crippen LogP contribution in [0.2, 0.25) is 0 Å². The number of nitrogens with zero attached hydrogens (tertiary/aromatic N) is 2. The molecule has 3 N–H and O–H groups in total. The van der Waals surface area contributed by atoms with E-state index in [1.165, 1.54) is 0 Å². The molecule has 0 aliphatic carbocycles. The molecule has 0 saturated carbocycles. The zero-order chi connectivity index (χ0) is 19.3. The molecule has 0 spiro atoms. The molecule has 3 rings (SSSR count). The molecule has 27 heavy (non-hydrogen) atoms. The number of hydrogen-bond acceptors (Lipinski definition) is 5. The fourth-order valence-corrected chi connectivity index (χ4v) is 3.39. The van der Waals surface area contributed by atoms with Gasteiger partial charge in [-0.2, -0.15) is 0 Å². The molecule has 2 aromatic rings. The molecule has 0 atom stereocenters. The van der Waals surface area contributed by atoms with Gasteiger partial charge in [0.2, 0.25) is 5.91 Å². The summed E-state index contributed by atoms with van der Waals surface area (Å²) in [6, 6.07) is 3.64. The molecule has 0 aromatic carbocycles.